The maximum atomic E-state index is 14.1. The van der Waals surface area contributed by atoms with Gasteiger partial charge in [-0.1, -0.05) is 28.9 Å². The predicted octanol–water partition coefficient (Wildman–Crippen LogP) is 5.37. The fraction of sp³-hybridized carbons (Fsp3) is 0.333. The van der Waals surface area contributed by atoms with Crippen LogP contribution in [0.25, 0.3) is 11.4 Å². The lowest BCUT2D eigenvalue weighted by molar-refractivity contribution is 0.0700. The van der Waals surface area contributed by atoms with Crippen molar-refractivity contribution >= 4 is 29.4 Å². The summed E-state index contributed by atoms with van der Waals surface area (Å²) in [6.45, 7) is 5.01. The summed E-state index contributed by atoms with van der Waals surface area (Å²) in [5.41, 5.74) is 2.44. The topological polar surface area (TPSA) is 95.1 Å². The van der Waals surface area contributed by atoms with Crippen molar-refractivity contribution in [2.75, 3.05) is 18.4 Å². The van der Waals surface area contributed by atoms with Crippen LogP contribution in [0.15, 0.2) is 40.9 Å². The summed E-state index contributed by atoms with van der Waals surface area (Å²) < 4.78 is 19.7. The normalized spacial score (nSPS) is 14.5. The molecule has 0 bridgehead atoms. The van der Waals surface area contributed by atoms with E-state index in [1.54, 1.807) is 4.90 Å². The second kappa shape index (κ2) is 9.70. The molecule has 0 aliphatic carbocycles. The highest BCUT2D eigenvalue weighted by molar-refractivity contribution is 6.30. The van der Waals surface area contributed by atoms with E-state index in [9.17, 15) is 9.18 Å². The number of benzene rings is 2. The van der Waals surface area contributed by atoms with Crippen molar-refractivity contribution in [3.63, 3.8) is 0 Å². The third-order valence-corrected chi connectivity index (χ3v) is 5.88. The van der Waals surface area contributed by atoms with E-state index in [0.29, 0.717) is 37.6 Å². The van der Waals surface area contributed by atoms with Crippen LogP contribution in [0, 0.1) is 11.2 Å². The van der Waals surface area contributed by atoms with Crippen LogP contribution in [-0.4, -0.2) is 46.3 Å². The van der Waals surface area contributed by atoms with Crippen molar-refractivity contribution in [2.24, 2.45) is 0 Å². The van der Waals surface area contributed by atoms with E-state index >= 15 is 0 Å². The number of likely N-dealkylation sites (tertiary alicyclic amines) is 1. The van der Waals surface area contributed by atoms with E-state index in [-0.39, 0.29) is 28.5 Å². The van der Waals surface area contributed by atoms with Crippen LogP contribution < -0.4 is 5.32 Å². The van der Waals surface area contributed by atoms with Crippen molar-refractivity contribution in [3.05, 3.63) is 64.3 Å². The summed E-state index contributed by atoms with van der Waals surface area (Å²) in [6.07, 6.45) is 2.60. The van der Waals surface area contributed by atoms with Gasteiger partial charge in [-0.05, 0) is 51.0 Å². The molecule has 1 fully saturated rings. The fourth-order valence-corrected chi connectivity index (χ4v) is 4.10. The van der Waals surface area contributed by atoms with Gasteiger partial charge in [0.2, 0.25) is 11.7 Å². The molecule has 1 aromatic heterocycles. The zero-order chi connectivity index (χ0) is 23.5. The Labute approximate surface area is 196 Å². The van der Waals surface area contributed by atoms with Gasteiger partial charge in [-0.15, -0.1) is 0 Å². The SMILES string of the molecule is CC(C)Nc1cc(-c2noc(C3CCN(C(=O)c4ccc(Cl)cc4F)CC3)n2)ccc1C=N. The van der Waals surface area contributed by atoms with Gasteiger partial charge in [0.25, 0.3) is 5.91 Å². The van der Waals surface area contributed by atoms with Crippen LogP contribution >= 0.6 is 11.6 Å². The number of carbonyl (C=O) groups excluding carboxylic acids is 1. The van der Waals surface area contributed by atoms with Crippen LogP contribution in [0.3, 0.4) is 0 Å². The van der Waals surface area contributed by atoms with Crippen molar-refractivity contribution < 1.29 is 13.7 Å². The van der Waals surface area contributed by atoms with Gasteiger partial charge in [0.15, 0.2) is 0 Å². The molecule has 0 atom stereocenters. The zero-order valence-corrected chi connectivity index (χ0v) is 19.2. The molecule has 7 nitrogen and oxygen atoms in total. The number of hydrogen-bond acceptors (Lipinski definition) is 6. The zero-order valence-electron chi connectivity index (χ0n) is 18.4. The van der Waals surface area contributed by atoms with Gasteiger partial charge in [-0.3, -0.25) is 4.79 Å². The smallest absolute Gasteiger partial charge is 0.256 e. The first-order valence-corrected chi connectivity index (χ1v) is 11.2. The molecule has 0 saturated carbocycles. The van der Waals surface area contributed by atoms with E-state index < -0.39 is 5.82 Å². The number of rotatable bonds is 6. The van der Waals surface area contributed by atoms with Crippen LogP contribution in [0.4, 0.5) is 10.1 Å². The molecule has 1 amide bonds. The Morgan fingerprint density at radius 1 is 1.27 bits per heavy atom. The minimum atomic E-state index is -0.614. The summed E-state index contributed by atoms with van der Waals surface area (Å²) in [4.78, 5) is 18.9. The van der Waals surface area contributed by atoms with Gasteiger partial charge in [-0.2, -0.15) is 4.98 Å². The molecule has 172 valence electrons. The number of aromatic nitrogens is 2. The van der Waals surface area contributed by atoms with Gasteiger partial charge < -0.3 is 20.1 Å². The van der Waals surface area contributed by atoms with Gasteiger partial charge in [0.1, 0.15) is 5.82 Å². The van der Waals surface area contributed by atoms with E-state index in [1.807, 2.05) is 32.0 Å². The second-order valence-electron chi connectivity index (χ2n) is 8.39. The Kier molecular flexibility index (Phi) is 6.74. The minimum Gasteiger partial charge on any atom is -0.382 e. The monoisotopic (exact) mass is 469 g/mol. The number of piperidine rings is 1. The standard InChI is InChI=1S/C24H25ClFN5O2/c1-14(2)28-21-11-16(3-4-17(21)13-27)22-29-23(33-30-22)15-7-9-31(10-8-15)24(32)19-6-5-18(25)12-20(19)26/h3-6,11-15,27-28H,7-10H2,1-2H3. The largest absolute Gasteiger partial charge is 0.382 e. The number of carbonyl (C=O) groups is 1. The summed E-state index contributed by atoms with van der Waals surface area (Å²) in [6, 6.07) is 9.93. The van der Waals surface area contributed by atoms with Gasteiger partial charge in [0, 0.05) is 53.1 Å². The molecule has 2 heterocycles. The lowest BCUT2D eigenvalue weighted by Crippen LogP contribution is -2.38. The van der Waals surface area contributed by atoms with Crippen molar-refractivity contribution in [3.8, 4) is 11.4 Å². The summed E-state index contributed by atoms with van der Waals surface area (Å²) >= 11 is 5.78. The van der Waals surface area contributed by atoms with Crippen LogP contribution in [0.2, 0.25) is 5.02 Å². The lowest BCUT2D eigenvalue weighted by atomic mass is 9.96. The summed E-state index contributed by atoms with van der Waals surface area (Å²) in [5, 5.41) is 15.3. The lowest BCUT2D eigenvalue weighted by Gasteiger charge is -2.30. The fourth-order valence-electron chi connectivity index (χ4n) is 3.94. The molecule has 4 rings (SSSR count). The first-order valence-electron chi connectivity index (χ1n) is 10.8. The molecule has 1 aliphatic heterocycles. The van der Waals surface area contributed by atoms with E-state index in [1.165, 1.54) is 18.3 Å². The number of halogens is 2. The highest BCUT2D eigenvalue weighted by Crippen LogP contribution is 2.30. The molecular weight excluding hydrogens is 445 g/mol. The molecule has 0 unspecified atom stereocenters. The number of nitrogens with zero attached hydrogens (tertiary/aromatic N) is 3. The average Bonchev–Trinajstić information content (AvgIpc) is 3.29. The molecule has 0 radical (unpaired) electrons. The molecule has 0 spiro atoms. The molecule has 2 N–H and O–H groups in total. The molecule has 1 aliphatic rings. The van der Waals surface area contributed by atoms with Gasteiger partial charge in [-0.25, -0.2) is 4.39 Å². The number of hydrogen-bond donors (Lipinski definition) is 2. The third-order valence-electron chi connectivity index (χ3n) is 5.65. The summed E-state index contributed by atoms with van der Waals surface area (Å²) in [5.74, 6) is 0.0839. The highest BCUT2D eigenvalue weighted by atomic mass is 35.5. The molecule has 2 aromatic carbocycles. The van der Waals surface area contributed by atoms with E-state index in [4.69, 9.17) is 21.5 Å². The Bertz CT molecular complexity index is 1170. The van der Waals surface area contributed by atoms with Crippen LogP contribution in [-0.2, 0) is 0 Å². The quantitative estimate of drug-likeness (QED) is 0.473. The van der Waals surface area contributed by atoms with E-state index in [0.717, 1.165) is 22.9 Å². The highest BCUT2D eigenvalue weighted by Gasteiger charge is 2.29. The second-order valence-corrected chi connectivity index (χ2v) is 8.83. The molecule has 9 heteroatoms. The molecule has 3 aromatic rings. The first kappa shape index (κ1) is 22.9. The maximum Gasteiger partial charge on any atom is 0.256 e. The van der Waals surface area contributed by atoms with Crippen molar-refractivity contribution in [1.82, 2.24) is 15.0 Å². The Balaban J connectivity index is 1.44. The van der Waals surface area contributed by atoms with Gasteiger partial charge in [0.05, 0.1) is 5.56 Å². The van der Waals surface area contributed by atoms with Crippen LogP contribution in [0.1, 0.15) is 54.4 Å². The first-order chi connectivity index (χ1) is 15.9. The van der Waals surface area contributed by atoms with Crippen LogP contribution in [0.5, 0.6) is 0 Å². The molecule has 33 heavy (non-hydrogen) atoms. The Morgan fingerprint density at radius 2 is 2.03 bits per heavy atom. The number of nitrogens with one attached hydrogen (secondary N) is 2. The van der Waals surface area contributed by atoms with Crippen molar-refractivity contribution in [1.29, 1.82) is 5.41 Å². The van der Waals surface area contributed by atoms with E-state index in [2.05, 4.69) is 15.5 Å². The third kappa shape index (κ3) is 5.06. The average molecular weight is 470 g/mol. The Morgan fingerprint density at radius 3 is 2.70 bits per heavy atom. The predicted molar refractivity (Wildman–Crippen MR) is 126 cm³/mol. The molecular formula is C24H25ClFN5O2. The molecule has 1 saturated heterocycles. The van der Waals surface area contributed by atoms with Gasteiger partial charge >= 0.3 is 0 Å². The van der Waals surface area contributed by atoms with Crippen molar-refractivity contribution in [2.45, 2.75) is 38.6 Å². The summed E-state index contributed by atoms with van der Waals surface area (Å²) in [7, 11) is 0. The number of amides is 1. The minimum absolute atomic E-state index is 0.0251. The number of anilines is 1. The maximum absolute atomic E-state index is 14.1. The Hall–Kier alpha value is -3.26.